The van der Waals surface area contributed by atoms with Gasteiger partial charge >= 0.3 is 0 Å². The van der Waals surface area contributed by atoms with Crippen LogP contribution in [0.5, 0.6) is 0 Å². The largest absolute Gasteiger partial charge is 0.361 e. The van der Waals surface area contributed by atoms with Gasteiger partial charge in [-0.05, 0) is 47.7 Å². The van der Waals surface area contributed by atoms with Crippen molar-refractivity contribution in [1.29, 1.82) is 0 Å². The average Bonchev–Trinajstić information content (AvgIpc) is 3.30. The zero-order valence-corrected chi connectivity index (χ0v) is 22.6. The van der Waals surface area contributed by atoms with E-state index in [1.54, 1.807) is 23.1 Å². The Labute approximate surface area is 228 Å². The first-order chi connectivity index (χ1) is 17.8. The summed E-state index contributed by atoms with van der Waals surface area (Å²) in [5, 5.41) is 1.86. The Hall–Kier alpha value is -3.28. The van der Waals surface area contributed by atoms with Gasteiger partial charge in [0.1, 0.15) is 6.54 Å². The fourth-order valence-corrected chi connectivity index (χ4v) is 4.72. The topological polar surface area (TPSA) is 56.4 Å². The molecule has 0 radical (unpaired) electrons. The Kier molecular flexibility index (Phi) is 8.91. The number of nitrogens with zero attached hydrogens (tertiary/aromatic N) is 2. The molecule has 5 nitrogen and oxygen atoms in total. The van der Waals surface area contributed by atoms with E-state index < -0.39 is 0 Å². The number of fused-ring (bicyclic) bond motifs is 1. The molecule has 0 spiro atoms. The number of carbonyl (C=O) groups is 2. The molecular weight excluding hydrogens is 505 g/mol. The number of aromatic amines is 1. The Morgan fingerprint density at radius 1 is 0.892 bits per heavy atom. The monoisotopic (exact) mass is 535 g/mol. The van der Waals surface area contributed by atoms with Gasteiger partial charge in [0.2, 0.25) is 5.91 Å². The number of carbonyl (C=O) groups excluding carboxylic acids is 2. The maximum absolute atomic E-state index is 13.7. The first-order valence-corrected chi connectivity index (χ1v) is 13.2. The molecule has 0 aliphatic rings. The van der Waals surface area contributed by atoms with E-state index in [0.29, 0.717) is 41.7 Å². The van der Waals surface area contributed by atoms with Gasteiger partial charge in [0.05, 0.1) is 10.0 Å². The highest BCUT2D eigenvalue weighted by atomic mass is 35.5. The molecular formula is C30H31Cl2N3O2. The summed E-state index contributed by atoms with van der Waals surface area (Å²) in [4.78, 5) is 33.9. The third-order valence-electron chi connectivity index (χ3n) is 6.26. The van der Waals surface area contributed by atoms with E-state index in [2.05, 4.69) is 11.1 Å². The molecule has 0 saturated carbocycles. The minimum absolute atomic E-state index is 0.0159. The summed E-state index contributed by atoms with van der Waals surface area (Å²) in [6, 6.07) is 22.9. The predicted octanol–water partition coefficient (Wildman–Crippen LogP) is 6.84. The second kappa shape index (κ2) is 12.3. The molecule has 2 amide bonds. The molecule has 192 valence electrons. The second-order valence-corrected chi connectivity index (χ2v) is 10.4. The van der Waals surface area contributed by atoms with Crippen LogP contribution in [0, 0.1) is 5.92 Å². The van der Waals surface area contributed by atoms with Crippen LogP contribution in [0.2, 0.25) is 10.0 Å². The van der Waals surface area contributed by atoms with Crippen molar-refractivity contribution in [3.05, 3.63) is 106 Å². The maximum Gasteiger partial charge on any atom is 0.254 e. The molecule has 3 aromatic carbocycles. The highest BCUT2D eigenvalue weighted by Gasteiger charge is 2.24. The number of hydrogen-bond acceptors (Lipinski definition) is 2. The van der Waals surface area contributed by atoms with Crippen molar-refractivity contribution in [2.45, 2.75) is 26.8 Å². The van der Waals surface area contributed by atoms with E-state index in [0.717, 1.165) is 22.0 Å². The summed E-state index contributed by atoms with van der Waals surface area (Å²) in [5.41, 5.74) is 3.69. The van der Waals surface area contributed by atoms with Crippen LogP contribution in [-0.4, -0.2) is 46.2 Å². The fourth-order valence-electron chi connectivity index (χ4n) is 4.42. The summed E-state index contributed by atoms with van der Waals surface area (Å²) >= 11 is 12.2. The van der Waals surface area contributed by atoms with E-state index in [1.165, 1.54) is 0 Å². The molecule has 0 bridgehead atoms. The van der Waals surface area contributed by atoms with Crippen LogP contribution in [0.1, 0.15) is 35.3 Å². The lowest BCUT2D eigenvalue weighted by Gasteiger charge is -2.29. The summed E-state index contributed by atoms with van der Waals surface area (Å²) in [6.45, 7) is 5.49. The third-order valence-corrected chi connectivity index (χ3v) is 7.00. The summed E-state index contributed by atoms with van der Waals surface area (Å²) < 4.78 is 0. The Morgan fingerprint density at radius 2 is 1.62 bits per heavy atom. The molecule has 0 aliphatic carbocycles. The van der Waals surface area contributed by atoms with E-state index in [-0.39, 0.29) is 24.3 Å². The van der Waals surface area contributed by atoms with E-state index in [1.807, 2.05) is 73.5 Å². The molecule has 7 heteroatoms. The Bertz CT molecular complexity index is 1370. The van der Waals surface area contributed by atoms with Gasteiger partial charge < -0.3 is 14.8 Å². The van der Waals surface area contributed by atoms with Gasteiger partial charge in [0, 0.05) is 42.3 Å². The van der Waals surface area contributed by atoms with Crippen molar-refractivity contribution in [3.63, 3.8) is 0 Å². The van der Waals surface area contributed by atoms with Crippen LogP contribution < -0.4 is 0 Å². The number of benzene rings is 3. The van der Waals surface area contributed by atoms with Crippen molar-refractivity contribution in [3.8, 4) is 0 Å². The van der Waals surface area contributed by atoms with Gasteiger partial charge in [-0.1, -0.05) is 85.6 Å². The molecule has 0 fully saturated rings. The lowest BCUT2D eigenvalue weighted by atomic mass is 10.1. The van der Waals surface area contributed by atoms with Crippen LogP contribution in [0.4, 0.5) is 0 Å². The van der Waals surface area contributed by atoms with Crippen LogP contribution >= 0.6 is 23.2 Å². The van der Waals surface area contributed by atoms with E-state index in [9.17, 15) is 9.59 Å². The first-order valence-electron chi connectivity index (χ1n) is 12.4. The zero-order chi connectivity index (χ0) is 26.4. The number of rotatable bonds is 10. The lowest BCUT2D eigenvalue weighted by Crippen LogP contribution is -2.44. The van der Waals surface area contributed by atoms with E-state index in [4.69, 9.17) is 23.2 Å². The van der Waals surface area contributed by atoms with Crippen LogP contribution in [0.3, 0.4) is 0 Å². The van der Waals surface area contributed by atoms with Gasteiger partial charge in [0.15, 0.2) is 0 Å². The average molecular weight is 537 g/mol. The van der Waals surface area contributed by atoms with Crippen LogP contribution in [0.25, 0.3) is 10.9 Å². The van der Waals surface area contributed by atoms with Crippen molar-refractivity contribution < 1.29 is 9.59 Å². The van der Waals surface area contributed by atoms with Gasteiger partial charge in [-0.25, -0.2) is 0 Å². The normalized spacial score (nSPS) is 11.2. The maximum atomic E-state index is 13.7. The SMILES string of the molecule is CC(C)CN(CC(=O)N(CCc1c[nH]c2ccccc12)Cc1ccccc1)C(=O)c1ccc(Cl)c(Cl)c1. The van der Waals surface area contributed by atoms with Crippen molar-refractivity contribution >= 4 is 45.9 Å². The number of hydrogen-bond donors (Lipinski definition) is 1. The Morgan fingerprint density at radius 3 is 2.35 bits per heavy atom. The number of H-pyrrole nitrogens is 1. The quantitative estimate of drug-likeness (QED) is 0.241. The molecule has 1 N–H and O–H groups in total. The number of amides is 2. The molecule has 0 atom stereocenters. The molecule has 1 aromatic heterocycles. The minimum atomic E-state index is -0.239. The van der Waals surface area contributed by atoms with E-state index >= 15 is 0 Å². The Balaban J connectivity index is 1.55. The lowest BCUT2D eigenvalue weighted by molar-refractivity contribution is -0.132. The summed E-state index contributed by atoms with van der Waals surface area (Å²) in [7, 11) is 0. The second-order valence-electron chi connectivity index (χ2n) is 9.62. The molecule has 0 aliphatic heterocycles. The van der Waals surface area contributed by atoms with Gasteiger partial charge in [0.25, 0.3) is 5.91 Å². The van der Waals surface area contributed by atoms with Crippen LogP contribution in [0.15, 0.2) is 79.0 Å². The number of halogens is 2. The molecule has 37 heavy (non-hydrogen) atoms. The molecule has 1 heterocycles. The van der Waals surface area contributed by atoms with Gasteiger partial charge in [-0.3, -0.25) is 9.59 Å². The summed E-state index contributed by atoms with van der Waals surface area (Å²) in [6.07, 6.45) is 2.71. The number of aromatic nitrogens is 1. The highest BCUT2D eigenvalue weighted by Crippen LogP contribution is 2.24. The fraction of sp³-hybridized carbons (Fsp3) is 0.267. The molecule has 4 rings (SSSR count). The zero-order valence-electron chi connectivity index (χ0n) is 21.1. The van der Waals surface area contributed by atoms with Crippen molar-refractivity contribution in [2.75, 3.05) is 19.6 Å². The molecule has 4 aromatic rings. The number of nitrogens with one attached hydrogen (secondary N) is 1. The number of para-hydroxylation sites is 1. The minimum Gasteiger partial charge on any atom is -0.361 e. The molecule has 0 unspecified atom stereocenters. The van der Waals surface area contributed by atoms with Gasteiger partial charge in [-0.2, -0.15) is 0 Å². The predicted molar refractivity (Wildman–Crippen MR) is 151 cm³/mol. The smallest absolute Gasteiger partial charge is 0.254 e. The molecule has 0 saturated heterocycles. The standard InChI is InChI=1S/C30H31Cl2N3O2/c1-21(2)18-35(30(37)23-12-13-26(31)27(32)16-23)20-29(36)34(19-22-8-4-3-5-9-22)15-14-24-17-33-28-11-7-6-10-25(24)28/h3-13,16-17,21,33H,14-15,18-20H2,1-2H3. The first kappa shape index (κ1) is 26.8. The highest BCUT2D eigenvalue weighted by molar-refractivity contribution is 6.42. The third kappa shape index (κ3) is 6.94. The van der Waals surface area contributed by atoms with Crippen LogP contribution in [-0.2, 0) is 17.8 Å². The van der Waals surface area contributed by atoms with Gasteiger partial charge in [-0.15, -0.1) is 0 Å². The van der Waals surface area contributed by atoms with Crippen molar-refractivity contribution in [1.82, 2.24) is 14.8 Å². The summed E-state index contributed by atoms with van der Waals surface area (Å²) in [5.74, 6) is -0.150. The van der Waals surface area contributed by atoms with Crippen molar-refractivity contribution in [2.24, 2.45) is 5.92 Å².